The van der Waals surface area contributed by atoms with Crippen molar-refractivity contribution in [2.45, 2.75) is 88.9 Å². The van der Waals surface area contributed by atoms with Crippen molar-refractivity contribution in [3.63, 3.8) is 0 Å². The largest absolute Gasteiger partial charge is 0.497 e. The highest BCUT2D eigenvalue weighted by atomic mass is 16.7. The van der Waals surface area contributed by atoms with Gasteiger partial charge in [-0.3, -0.25) is 19.7 Å². The number of hydrogen-bond donors (Lipinski definition) is 4. The van der Waals surface area contributed by atoms with Gasteiger partial charge in [-0.25, -0.2) is 23.9 Å². The zero-order chi connectivity index (χ0) is 57.2. The first-order valence-electron chi connectivity index (χ1n) is 26.3. The smallest absolute Gasteiger partial charge is 0.409 e. The van der Waals surface area contributed by atoms with Gasteiger partial charge >= 0.3 is 24.0 Å². The van der Waals surface area contributed by atoms with Crippen LogP contribution in [0.15, 0.2) is 152 Å². The summed E-state index contributed by atoms with van der Waals surface area (Å²) in [6.07, 6.45) is -3.90. The summed E-state index contributed by atoms with van der Waals surface area (Å²) in [7, 11) is 1.54. The first-order chi connectivity index (χ1) is 39.4. The van der Waals surface area contributed by atoms with Gasteiger partial charge in [0.2, 0.25) is 17.7 Å². The summed E-state index contributed by atoms with van der Waals surface area (Å²) < 4.78 is 48.8. The Hall–Kier alpha value is -8.99. The fourth-order valence-electron chi connectivity index (χ4n) is 8.35. The molecule has 0 bridgehead atoms. The third-order valence-corrected chi connectivity index (χ3v) is 12.5. The molecule has 1 saturated heterocycles. The molecule has 6 unspecified atom stereocenters. The number of ether oxygens (including phenoxy) is 8. The van der Waals surface area contributed by atoms with Crippen molar-refractivity contribution in [1.82, 2.24) is 36.3 Å². The average molecular weight is 1110 g/mol. The van der Waals surface area contributed by atoms with Crippen LogP contribution in [0.25, 0.3) is 11.3 Å². The minimum absolute atomic E-state index is 0.0762. The molecule has 4 N–H and O–H groups in total. The number of rotatable bonds is 29. The first kappa shape index (κ1) is 59.7. The van der Waals surface area contributed by atoms with Crippen molar-refractivity contribution in [3.05, 3.63) is 174 Å². The van der Waals surface area contributed by atoms with E-state index in [1.165, 1.54) is 11.6 Å². The van der Waals surface area contributed by atoms with E-state index < -0.39 is 73.3 Å². The van der Waals surface area contributed by atoms with E-state index in [4.69, 9.17) is 37.9 Å². The molecule has 1 aromatic heterocycles. The van der Waals surface area contributed by atoms with Crippen molar-refractivity contribution >= 4 is 41.7 Å². The van der Waals surface area contributed by atoms with Gasteiger partial charge in [0, 0.05) is 25.5 Å². The summed E-state index contributed by atoms with van der Waals surface area (Å²) in [6.45, 7) is 0.893. The number of carbonyl (C=O) groups is 7. The summed E-state index contributed by atoms with van der Waals surface area (Å²) in [6, 6.07) is 39.5. The lowest BCUT2D eigenvalue weighted by Gasteiger charge is -2.45. The summed E-state index contributed by atoms with van der Waals surface area (Å²) in [4.78, 5) is 92.2. The Morgan fingerprint density at radius 3 is 1.96 bits per heavy atom. The standard InChI is InChI=1S/C59H65N7O15/c1-40(67)63-52-54(81-57(72)44-25-14-6-15-26-44)53(80-56(71)43-23-12-5-13-24-43)49(36-66-35-48(64-65-66)45-27-18-28-46(33-45)74-2)79-58(52)76-38-47(78-55(70)42-21-10-4-11-22-42)34-61-50(68)29-16-7-17-31-60-51(69)30-32-75-39-62-59(73)77-37-41-19-8-3-9-20-41/h3-6,8-15,18-28,33,35,47,49,52-54,58H,7,16-17,29-32,34,36-39H2,1-2H3,(H,60,69)(H,61,68)(H,62,73)(H,63,67). The van der Waals surface area contributed by atoms with Gasteiger partial charge in [0.25, 0.3) is 0 Å². The number of unbranched alkanes of at least 4 members (excludes halogenated alkanes) is 2. The van der Waals surface area contributed by atoms with Gasteiger partial charge in [0.15, 0.2) is 18.5 Å². The Bertz CT molecular complexity index is 2970. The van der Waals surface area contributed by atoms with E-state index in [1.807, 2.05) is 36.4 Å². The Morgan fingerprint density at radius 2 is 1.31 bits per heavy atom. The normalized spacial score (nSPS) is 16.8. The Kier molecular flexibility index (Phi) is 23.3. The predicted molar refractivity (Wildman–Crippen MR) is 291 cm³/mol. The molecule has 7 rings (SSSR count). The molecule has 0 spiro atoms. The molecule has 5 aromatic carbocycles. The van der Waals surface area contributed by atoms with Gasteiger partial charge in [0.05, 0.1) is 62.7 Å². The lowest BCUT2D eigenvalue weighted by molar-refractivity contribution is -0.270. The lowest BCUT2D eigenvalue weighted by atomic mass is 9.95. The fraction of sp³-hybridized carbons (Fsp3) is 0.339. The van der Waals surface area contributed by atoms with Crippen molar-refractivity contribution in [1.29, 1.82) is 0 Å². The number of amides is 4. The third kappa shape index (κ3) is 19.4. The molecule has 6 aromatic rings. The molecular formula is C59H65N7O15. The Labute approximate surface area is 468 Å². The minimum Gasteiger partial charge on any atom is -0.497 e. The van der Waals surface area contributed by atoms with Gasteiger partial charge < -0.3 is 53.8 Å². The number of methoxy groups -OCH3 is 1. The summed E-state index contributed by atoms with van der Waals surface area (Å²) >= 11 is 0. The molecule has 1 aliphatic heterocycles. The van der Waals surface area contributed by atoms with Crippen molar-refractivity contribution in [2.24, 2.45) is 0 Å². The fourth-order valence-corrected chi connectivity index (χ4v) is 8.35. The molecule has 2 heterocycles. The zero-order valence-electron chi connectivity index (χ0n) is 44.8. The number of nitrogens with zero attached hydrogens (tertiary/aromatic N) is 3. The molecule has 0 saturated carbocycles. The molecule has 0 aliphatic carbocycles. The van der Waals surface area contributed by atoms with Gasteiger partial charge in [0.1, 0.15) is 43.0 Å². The number of alkyl carbamates (subject to hydrolysis) is 1. The van der Waals surface area contributed by atoms with Gasteiger partial charge in [-0.2, -0.15) is 0 Å². The van der Waals surface area contributed by atoms with Crippen LogP contribution >= 0.6 is 0 Å². The summed E-state index contributed by atoms with van der Waals surface area (Å²) in [5.41, 5.74) is 2.57. The Balaban J connectivity index is 1.00. The molecule has 81 heavy (non-hydrogen) atoms. The molecule has 426 valence electrons. The van der Waals surface area contributed by atoms with Crippen LogP contribution in [-0.2, 0) is 60.7 Å². The van der Waals surface area contributed by atoms with E-state index in [1.54, 1.807) is 123 Å². The summed E-state index contributed by atoms with van der Waals surface area (Å²) in [5.74, 6) is -2.90. The lowest BCUT2D eigenvalue weighted by Crippen LogP contribution is -2.66. The second kappa shape index (κ2) is 31.6. The molecule has 4 amide bonds. The SMILES string of the molecule is COc1cccc(-c2cn(CC3OC(OCC(CNC(=O)CCCCCNC(=O)CCOCNC(=O)OCc4ccccc4)OC(=O)c4ccccc4)C(NC(C)=O)C(OC(=O)c4ccccc4)C3OC(=O)c3ccccc3)nn2)c1. The van der Waals surface area contributed by atoms with Crippen LogP contribution in [0.1, 0.15) is 75.7 Å². The highest BCUT2D eigenvalue weighted by Gasteiger charge is 2.52. The van der Waals surface area contributed by atoms with E-state index in [0.29, 0.717) is 42.8 Å². The van der Waals surface area contributed by atoms with Crippen LogP contribution in [0.3, 0.4) is 0 Å². The number of hydrogen-bond acceptors (Lipinski definition) is 17. The highest BCUT2D eigenvalue weighted by molar-refractivity contribution is 5.91. The van der Waals surface area contributed by atoms with Crippen LogP contribution in [0, 0.1) is 0 Å². The van der Waals surface area contributed by atoms with E-state index in [0.717, 1.165) is 5.56 Å². The molecule has 1 fully saturated rings. The van der Waals surface area contributed by atoms with Gasteiger partial charge in [-0.1, -0.05) is 109 Å². The molecular weight excluding hydrogens is 1050 g/mol. The molecule has 1 aliphatic rings. The first-order valence-corrected chi connectivity index (χ1v) is 26.3. The van der Waals surface area contributed by atoms with E-state index >= 15 is 0 Å². The van der Waals surface area contributed by atoms with Crippen LogP contribution < -0.4 is 26.0 Å². The number of benzene rings is 5. The van der Waals surface area contributed by atoms with Gasteiger partial charge in [-0.15, -0.1) is 5.10 Å². The second-order valence-electron chi connectivity index (χ2n) is 18.5. The van der Waals surface area contributed by atoms with Crippen LogP contribution in [0.4, 0.5) is 4.79 Å². The maximum Gasteiger partial charge on any atom is 0.409 e. The van der Waals surface area contributed by atoms with Crippen LogP contribution in [0.5, 0.6) is 5.75 Å². The van der Waals surface area contributed by atoms with E-state index in [9.17, 15) is 33.6 Å². The quantitative estimate of drug-likeness (QED) is 0.0183. The van der Waals surface area contributed by atoms with Gasteiger partial charge in [-0.05, 0) is 66.9 Å². The minimum atomic E-state index is -1.49. The third-order valence-electron chi connectivity index (χ3n) is 12.5. The van der Waals surface area contributed by atoms with Crippen LogP contribution in [0.2, 0.25) is 0 Å². The zero-order valence-corrected chi connectivity index (χ0v) is 44.8. The number of esters is 3. The Morgan fingerprint density at radius 1 is 0.679 bits per heavy atom. The monoisotopic (exact) mass is 1110 g/mol. The average Bonchev–Trinajstić information content (AvgIpc) is 3.99. The van der Waals surface area contributed by atoms with Crippen LogP contribution in [-0.4, -0.2) is 134 Å². The molecule has 6 atom stereocenters. The molecule has 0 radical (unpaired) electrons. The highest BCUT2D eigenvalue weighted by Crippen LogP contribution is 2.31. The molecule has 22 heteroatoms. The van der Waals surface area contributed by atoms with Crippen molar-refractivity contribution < 1.29 is 71.5 Å². The van der Waals surface area contributed by atoms with E-state index in [-0.39, 0.29) is 74.4 Å². The van der Waals surface area contributed by atoms with Crippen molar-refractivity contribution in [3.8, 4) is 17.0 Å². The topological polar surface area (TPSA) is 272 Å². The summed E-state index contributed by atoms with van der Waals surface area (Å²) in [5, 5.41) is 19.6. The number of carbonyl (C=O) groups excluding carboxylic acids is 7. The van der Waals surface area contributed by atoms with Crippen molar-refractivity contribution in [2.75, 3.05) is 40.1 Å². The predicted octanol–water partition coefficient (Wildman–Crippen LogP) is 5.96. The number of aromatic nitrogens is 3. The number of nitrogens with one attached hydrogen (secondary N) is 4. The van der Waals surface area contributed by atoms with E-state index in [2.05, 4.69) is 31.6 Å². The maximum absolute atomic E-state index is 14.0. The molecule has 22 nitrogen and oxygen atoms in total. The second-order valence-corrected chi connectivity index (χ2v) is 18.5. The maximum atomic E-state index is 14.0.